The fraction of sp³-hybridized carbons (Fsp3) is 0.150. The van der Waals surface area contributed by atoms with Crippen LogP contribution >= 0.6 is 11.3 Å². The van der Waals surface area contributed by atoms with Crippen LogP contribution in [0.25, 0.3) is 16.2 Å². The van der Waals surface area contributed by atoms with Crippen LogP contribution in [0.15, 0.2) is 52.7 Å². The van der Waals surface area contributed by atoms with Gasteiger partial charge in [-0.15, -0.1) is 16.4 Å². The predicted molar refractivity (Wildman–Crippen MR) is 119 cm³/mol. The van der Waals surface area contributed by atoms with Crippen LogP contribution in [0.2, 0.25) is 0 Å². The number of aromatic nitrogens is 3. The molecule has 0 bridgehead atoms. The zero-order chi connectivity index (χ0) is 22.2. The van der Waals surface area contributed by atoms with Crippen molar-refractivity contribution in [1.29, 1.82) is 0 Å². The van der Waals surface area contributed by atoms with Gasteiger partial charge in [0.25, 0.3) is 16.0 Å². The molecule has 2 N–H and O–H groups in total. The number of nitrogens with one attached hydrogen (secondary N) is 2. The van der Waals surface area contributed by atoms with Gasteiger partial charge in [0.2, 0.25) is 10.9 Å². The van der Waals surface area contributed by atoms with E-state index in [2.05, 4.69) is 20.1 Å². The second kappa shape index (κ2) is 8.00. The lowest BCUT2D eigenvalue weighted by molar-refractivity contribution is -0.114. The van der Waals surface area contributed by atoms with Crippen LogP contribution in [-0.2, 0) is 14.8 Å². The van der Waals surface area contributed by atoms with E-state index >= 15 is 0 Å². The zero-order valence-electron chi connectivity index (χ0n) is 16.9. The normalized spacial score (nSPS) is 11.5. The van der Waals surface area contributed by atoms with E-state index in [0.717, 1.165) is 16.8 Å². The number of rotatable bonds is 6. The lowest BCUT2D eigenvalue weighted by Gasteiger charge is -2.10. The number of nitrogens with zero attached hydrogens (tertiary/aromatic N) is 3. The Morgan fingerprint density at radius 1 is 1.16 bits per heavy atom. The molecule has 0 aliphatic rings. The van der Waals surface area contributed by atoms with Gasteiger partial charge in [-0.05, 0) is 36.8 Å². The molecule has 0 aliphatic carbocycles. The third-order valence-corrected chi connectivity index (χ3v) is 6.58. The number of amides is 1. The number of anilines is 2. The average Bonchev–Trinajstić information content (AvgIpc) is 3.28. The van der Waals surface area contributed by atoms with Gasteiger partial charge in [-0.3, -0.25) is 4.79 Å². The summed E-state index contributed by atoms with van der Waals surface area (Å²) in [7, 11) is -2.53. The van der Waals surface area contributed by atoms with Crippen LogP contribution in [0.5, 0.6) is 5.75 Å². The number of carbonyl (C=O) groups excluding carboxylic acids is 1. The monoisotopic (exact) mass is 457 g/mol. The first kappa shape index (κ1) is 20.8. The molecule has 4 rings (SSSR count). The standard InChI is InChI=1S/C20H19N5O4S2/c1-12-4-9-17(29-3)18(10-12)31(27,28)24-19-22-20-25(23-19)16(11-30-20)14-5-7-15(8-6-14)21-13(2)26/h4-11H,1-3H3,(H,21,26)(H,23,24). The quantitative estimate of drug-likeness (QED) is 0.458. The molecule has 0 saturated carbocycles. The third kappa shape index (κ3) is 4.23. The molecule has 0 atom stereocenters. The topological polar surface area (TPSA) is 115 Å². The van der Waals surface area contributed by atoms with E-state index in [1.54, 1.807) is 35.7 Å². The minimum atomic E-state index is -3.95. The maximum absolute atomic E-state index is 12.9. The van der Waals surface area contributed by atoms with Gasteiger partial charge in [0.15, 0.2) is 0 Å². The largest absolute Gasteiger partial charge is 0.495 e. The summed E-state index contributed by atoms with van der Waals surface area (Å²) < 4.78 is 35.0. The molecule has 0 fully saturated rings. The fourth-order valence-electron chi connectivity index (χ4n) is 3.02. The molecular formula is C20H19N5O4S2. The smallest absolute Gasteiger partial charge is 0.267 e. The number of aryl methyl sites for hydroxylation is 1. The van der Waals surface area contributed by atoms with Crippen molar-refractivity contribution in [2.24, 2.45) is 0 Å². The lowest BCUT2D eigenvalue weighted by atomic mass is 10.1. The highest BCUT2D eigenvalue weighted by molar-refractivity contribution is 7.92. The van der Waals surface area contributed by atoms with E-state index < -0.39 is 10.0 Å². The Labute approximate surface area is 182 Å². The molecule has 0 spiro atoms. The van der Waals surface area contributed by atoms with Gasteiger partial charge in [0.1, 0.15) is 10.6 Å². The summed E-state index contributed by atoms with van der Waals surface area (Å²) in [5, 5.41) is 8.92. The van der Waals surface area contributed by atoms with Gasteiger partial charge in [0, 0.05) is 23.6 Å². The Morgan fingerprint density at radius 2 is 1.90 bits per heavy atom. The molecule has 0 saturated heterocycles. The highest BCUT2D eigenvalue weighted by Gasteiger charge is 2.22. The maximum atomic E-state index is 12.9. The first-order valence-corrected chi connectivity index (χ1v) is 11.5. The van der Waals surface area contributed by atoms with Crippen LogP contribution in [0, 0.1) is 6.92 Å². The first-order valence-electron chi connectivity index (χ1n) is 9.16. The van der Waals surface area contributed by atoms with Gasteiger partial charge in [-0.1, -0.05) is 18.2 Å². The molecule has 0 aliphatic heterocycles. The number of sulfonamides is 1. The summed E-state index contributed by atoms with van der Waals surface area (Å²) in [4.78, 5) is 16.0. The van der Waals surface area contributed by atoms with E-state index in [4.69, 9.17) is 4.74 Å². The van der Waals surface area contributed by atoms with Crippen molar-refractivity contribution in [3.63, 3.8) is 0 Å². The number of methoxy groups -OCH3 is 1. The van der Waals surface area contributed by atoms with Crippen molar-refractivity contribution in [1.82, 2.24) is 14.6 Å². The number of thiazole rings is 1. The van der Waals surface area contributed by atoms with Gasteiger partial charge >= 0.3 is 0 Å². The van der Waals surface area contributed by atoms with Gasteiger partial charge in [0.05, 0.1) is 12.8 Å². The first-order chi connectivity index (χ1) is 14.8. The summed E-state index contributed by atoms with van der Waals surface area (Å²) in [5.41, 5.74) is 3.06. The van der Waals surface area contributed by atoms with Crippen molar-refractivity contribution >= 4 is 43.9 Å². The van der Waals surface area contributed by atoms with Crippen LogP contribution < -0.4 is 14.8 Å². The number of fused-ring (bicyclic) bond motifs is 1. The fourth-order valence-corrected chi connectivity index (χ4v) is 5.04. The number of carbonyl (C=O) groups is 1. The Hall–Kier alpha value is -3.44. The van der Waals surface area contributed by atoms with Crippen molar-refractivity contribution in [2.75, 3.05) is 17.1 Å². The molecule has 2 aromatic carbocycles. The van der Waals surface area contributed by atoms with E-state index in [-0.39, 0.29) is 22.5 Å². The maximum Gasteiger partial charge on any atom is 0.267 e. The molecule has 0 unspecified atom stereocenters. The molecule has 160 valence electrons. The molecule has 11 heteroatoms. The van der Waals surface area contributed by atoms with Crippen molar-refractivity contribution in [2.45, 2.75) is 18.7 Å². The summed E-state index contributed by atoms with van der Waals surface area (Å²) >= 11 is 1.34. The van der Waals surface area contributed by atoms with E-state index in [0.29, 0.717) is 10.6 Å². The molecule has 31 heavy (non-hydrogen) atoms. The van der Waals surface area contributed by atoms with E-state index in [1.165, 1.54) is 31.4 Å². The number of hydrogen-bond acceptors (Lipinski definition) is 7. The number of ether oxygens (including phenoxy) is 1. The van der Waals surface area contributed by atoms with Crippen LogP contribution in [0.4, 0.5) is 11.6 Å². The molecule has 2 aromatic heterocycles. The van der Waals surface area contributed by atoms with Gasteiger partial charge < -0.3 is 10.1 Å². The van der Waals surface area contributed by atoms with Crippen molar-refractivity contribution in [3.8, 4) is 17.0 Å². The average molecular weight is 458 g/mol. The molecule has 2 heterocycles. The SMILES string of the molecule is COc1ccc(C)cc1S(=O)(=O)Nc1nc2scc(-c3ccc(NC(C)=O)cc3)n2n1. The Kier molecular flexibility index (Phi) is 5.38. The van der Waals surface area contributed by atoms with Crippen LogP contribution in [0.3, 0.4) is 0 Å². The summed E-state index contributed by atoms with van der Waals surface area (Å²) in [5.74, 6) is 0.0507. The molecular weight excluding hydrogens is 438 g/mol. The van der Waals surface area contributed by atoms with Crippen molar-refractivity contribution < 1.29 is 17.9 Å². The van der Waals surface area contributed by atoms with Gasteiger partial charge in [-0.2, -0.15) is 4.98 Å². The number of benzene rings is 2. The third-order valence-electron chi connectivity index (χ3n) is 4.42. The lowest BCUT2D eigenvalue weighted by Crippen LogP contribution is -2.15. The number of hydrogen-bond donors (Lipinski definition) is 2. The molecule has 4 aromatic rings. The summed E-state index contributed by atoms with van der Waals surface area (Å²) in [6.45, 7) is 3.24. The minimum absolute atomic E-state index is 0.0157. The summed E-state index contributed by atoms with van der Waals surface area (Å²) in [6.07, 6.45) is 0. The second-order valence-corrected chi connectivity index (χ2v) is 9.26. The van der Waals surface area contributed by atoms with Crippen LogP contribution in [0.1, 0.15) is 12.5 Å². The Balaban J connectivity index is 1.65. The minimum Gasteiger partial charge on any atom is -0.495 e. The Bertz CT molecular complexity index is 1370. The molecule has 1 amide bonds. The van der Waals surface area contributed by atoms with E-state index in [1.807, 2.05) is 17.5 Å². The van der Waals surface area contributed by atoms with Crippen molar-refractivity contribution in [3.05, 3.63) is 53.4 Å². The second-order valence-electron chi connectivity index (χ2n) is 6.77. The van der Waals surface area contributed by atoms with Crippen LogP contribution in [-0.4, -0.2) is 36.0 Å². The predicted octanol–water partition coefficient (Wildman–Crippen LogP) is 3.53. The molecule has 0 radical (unpaired) electrons. The summed E-state index contributed by atoms with van der Waals surface area (Å²) in [6, 6.07) is 12.2. The molecule has 9 nitrogen and oxygen atoms in total. The van der Waals surface area contributed by atoms with Gasteiger partial charge in [-0.25, -0.2) is 17.7 Å². The highest BCUT2D eigenvalue weighted by Crippen LogP contribution is 2.29. The zero-order valence-corrected chi connectivity index (χ0v) is 18.5. The Morgan fingerprint density at radius 3 is 2.58 bits per heavy atom. The van der Waals surface area contributed by atoms with E-state index in [9.17, 15) is 13.2 Å². The highest BCUT2D eigenvalue weighted by atomic mass is 32.2.